The Labute approximate surface area is 222 Å². The van der Waals surface area contributed by atoms with Gasteiger partial charge in [0.25, 0.3) is 0 Å². The monoisotopic (exact) mass is 530 g/mol. The van der Waals surface area contributed by atoms with Gasteiger partial charge >= 0.3 is 0 Å². The van der Waals surface area contributed by atoms with Crippen LogP contribution >= 0.6 is 34.8 Å². The highest BCUT2D eigenvalue weighted by atomic mass is 35.5. The molecule has 0 aliphatic carbocycles. The summed E-state index contributed by atoms with van der Waals surface area (Å²) in [4.78, 5) is 28.8. The van der Waals surface area contributed by atoms with Crippen LogP contribution in [0.3, 0.4) is 0 Å². The number of carbonyl (C=O) groups excluding carboxylic acids is 2. The lowest BCUT2D eigenvalue weighted by Gasteiger charge is -2.32. The summed E-state index contributed by atoms with van der Waals surface area (Å²) in [6.07, 6.45) is 2.19. The summed E-state index contributed by atoms with van der Waals surface area (Å²) < 4.78 is 0. The van der Waals surface area contributed by atoms with E-state index >= 15 is 0 Å². The van der Waals surface area contributed by atoms with Crippen molar-refractivity contribution in [2.75, 3.05) is 6.54 Å². The summed E-state index contributed by atoms with van der Waals surface area (Å²) >= 11 is 18.8. The fourth-order valence-corrected chi connectivity index (χ4v) is 4.46. The van der Waals surface area contributed by atoms with E-state index in [0.29, 0.717) is 33.6 Å². The van der Waals surface area contributed by atoms with Crippen molar-refractivity contribution in [3.8, 4) is 0 Å². The molecule has 4 nitrogen and oxygen atoms in total. The topological polar surface area (TPSA) is 49.4 Å². The molecule has 3 rings (SSSR count). The van der Waals surface area contributed by atoms with Gasteiger partial charge in [-0.25, -0.2) is 0 Å². The smallest absolute Gasteiger partial charge is 0.243 e. The maximum absolute atomic E-state index is 13.8. The molecular weight excluding hydrogens is 503 g/mol. The van der Waals surface area contributed by atoms with Crippen LogP contribution in [0.4, 0.5) is 0 Å². The van der Waals surface area contributed by atoms with Gasteiger partial charge in [0.05, 0.1) is 6.42 Å². The minimum Gasteiger partial charge on any atom is -0.354 e. The number of carbonyl (C=O) groups is 2. The molecule has 7 heteroatoms. The third kappa shape index (κ3) is 7.99. The zero-order valence-corrected chi connectivity index (χ0v) is 21.9. The van der Waals surface area contributed by atoms with Crippen LogP contribution in [-0.4, -0.2) is 29.3 Å². The lowest BCUT2D eigenvalue weighted by atomic mass is 10.0. The second kappa shape index (κ2) is 13.5. The molecule has 1 N–H and O–H groups in total. The molecule has 3 aromatic carbocycles. The number of rotatable bonds is 11. The van der Waals surface area contributed by atoms with Crippen molar-refractivity contribution in [1.82, 2.24) is 10.2 Å². The Morgan fingerprint density at radius 3 is 2.14 bits per heavy atom. The molecule has 0 fully saturated rings. The molecule has 3 aromatic rings. The molecule has 184 valence electrons. The van der Waals surface area contributed by atoms with E-state index < -0.39 is 6.04 Å². The Kier molecular flexibility index (Phi) is 10.5. The maximum Gasteiger partial charge on any atom is 0.243 e. The summed E-state index contributed by atoms with van der Waals surface area (Å²) in [5.41, 5.74) is 2.38. The van der Waals surface area contributed by atoms with Crippen LogP contribution in [0.2, 0.25) is 15.1 Å². The quantitative estimate of drug-likeness (QED) is 0.278. The van der Waals surface area contributed by atoms with Crippen molar-refractivity contribution in [1.29, 1.82) is 0 Å². The van der Waals surface area contributed by atoms with Crippen LogP contribution in [-0.2, 0) is 29.0 Å². The Balaban J connectivity index is 1.97. The molecule has 0 unspecified atom stereocenters. The molecule has 35 heavy (non-hydrogen) atoms. The second-order valence-corrected chi connectivity index (χ2v) is 9.63. The molecular formula is C28H29Cl3N2O2. The standard InChI is InChI=1S/C28H29Cl3N2O2/c1-2-3-16-32-28(35)26(17-20-8-5-4-6-9-20)33(19-21-12-14-22(29)15-13-21)27(34)18-23-24(30)10-7-11-25(23)31/h4-15,26H,2-3,16-19H2,1H3,(H,32,35)/t26-/m0/s1. The fourth-order valence-electron chi connectivity index (χ4n) is 3.80. The van der Waals surface area contributed by atoms with Crippen molar-refractivity contribution >= 4 is 46.6 Å². The van der Waals surface area contributed by atoms with E-state index in [2.05, 4.69) is 12.2 Å². The van der Waals surface area contributed by atoms with Crippen LogP contribution in [0.25, 0.3) is 0 Å². The van der Waals surface area contributed by atoms with E-state index in [1.807, 2.05) is 42.5 Å². The Morgan fingerprint density at radius 1 is 0.857 bits per heavy atom. The van der Waals surface area contributed by atoms with E-state index in [9.17, 15) is 9.59 Å². The highest BCUT2D eigenvalue weighted by Crippen LogP contribution is 2.26. The SMILES string of the molecule is CCCCNC(=O)[C@H](Cc1ccccc1)N(Cc1ccc(Cl)cc1)C(=O)Cc1c(Cl)cccc1Cl. The number of nitrogens with one attached hydrogen (secondary N) is 1. The zero-order valence-electron chi connectivity index (χ0n) is 19.6. The third-order valence-corrected chi connectivity index (χ3v) is 6.72. The predicted molar refractivity (Wildman–Crippen MR) is 144 cm³/mol. The summed E-state index contributed by atoms with van der Waals surface area (Å²) in [5, 5.41) is 4.46. The lowest BCUT2D eigenvalue weighted by Crippen LogP contribution is -2.51. The largest absolute Gasteiger partial charge is 0.354 e. The number of amides is 2. The van der Waals surface area contributed by atoms with Gasteiger partial charge in [-0.05, 0) is 47.4 Å². The first kappa shape index (κ1) is 27.1. The molecule has 1 atom stereocenters. The van der Waals surface area contributed by atoms with Crippen molar-refractivity contribution < 1.29 is 9.59 Å². The summed E-state index contributed by atoms with van der Waals surface area (Å²) in [6.45, 7) is 2.87. The summed E-state index contributed by atoms with van der Waals surface area (Å²) in [7, 11) is 0. The number of halogens is 3. The number of hydrogen-bond donors (Lipinski definition) is 1. The first-order chi connectivity index (χ1) is 16.9. The van der Waals surface area contributed by atoms with Gasteiger partial charge in [-0.3, -0.25) is 9.59 Å². The summed E-state index contributed by atoms with van der Waals surface area (Å²) in [5.74, 6) is -0.420. The predicted octanol–water partition coefficient (Wildman–Crippen LogP) is 6.75. The first-order valence-electron chi connectivity index (χ1n) is 11.7. The molecule has 0 aromatic heterocycles. The van der Waals surface area contributed by atoms with Gasteiger partial charge in [0.15, 0.2) is 0 Å². The average Bonchev–Trinajstić information content (AvgIpc) is 2.85. The van der Waals surface area contributed by atoms with Crippen LogP contribution in [0, 0.1) is 0 Å². The van der Waals surface area contributed by atoms with Gasteiger partial charge in [0, 0.05) is 34.6 Å². The minimum absolute atomic E-state index is 0.0143. The van der Waals surface area contributed by atoms with Gasteiger partial charge in [0.1, 0.15) is 6.04 Å². The Bertz CT molecular complexity index is 1100. The zero-order chi connectivity index (χ0) is 25.2. The van der Waals surface area contributed by atoms with Crippen LogP contribution < -0.4 is 5.32 Å². The normalized spacial score (nSPS) is 11.7. The average molecular weight is 532 g/mol. The van der Waals surface area contributed by atoms with Crippen molar-refractivity contribution in [3.05, 3.63) is 105 Å². The van der Waals surface area contributed by atoms with E-state index in [1.165, 1.54) is 0 Å². The molecule has 0 heterocycles. The van der Waals surface area contributed by atoms with E-state index in [-0.39, 0.29) is 24.8 Å². The minimum atomic E-state index is -0.710. The molecule has 0 saturated carbocycles. The summed E-state index contributed by atoms with van der Waals surface area (Å²) in [6, 6.07) is 21.4. The molecule has 0 spiro atoms. The number of benzene rings is 3. The fraction of sp³-hybridized carbons (Fsp3) is 0.286. The van der Waals surface area contributed by atoms with Gasteiger partial charge < -0.3 is 10.2 Å². The Morgan fingerprint density at radius 2 is 1.51 bits per heavy atom. The highest BCUT2D eigenvalue weighted by Gasteiger charge is 2.31. The van der Waals surface area contributed by atoms with Crippen molar-refractivity contribution in [2.45, 2.75) is 45.2 Å². The first-order valence-corrected chi connectivity index (χ1v) is 12.8. The Hall–Kier alpha value is -2.53. The number of hydrogen-bond acceptors (Lipinski definition) is 2. The van der Waals surface area contributed by atoms with Gasteiger partial charge in [-0.1, -0.05) is 96.7 Å². The lowest BCUT2D eigenvalue weighted by molar-refractivity contribution is -0.140. The van der Waals surface area contributed by atoms with Crippen LogP contribution in [0.5, 0.6) is 0 Å². The molecule has 0 bridgehead atoms. The van der Waals surface area contributed by atoms with E-state index in [0.717, 1.165) is 24.0 Å². The molecule has 0 aliphatic rings. The second-order valence-electron chi connectivity index (χ2n) is 8.38. The molecule has 0 saturated heterocycles. The number of unbranched alkanes of at least 4 members (excludes halogenated alkanes) is 1. The van der Waals surface area contributed by atoms with Crippen molar-refractivity contribution in [2.24, 2.45) is 0 Å². The molecule has 0 radical (unpaired) electrons. The van der Waals surface area contributed by atoms with E-state index in [1.54, 1.807) is 35.2 Å². The van der Waals surface area contributed by atoms with Crippen LogP contribution in [0.15, 0.2) is 72.8 Å². The van der Waals surface area contributed by atoms with Crippen LogP contribution in [0.1, 0.15) is 36.5 Å². The van der Waals surface area contributed by atoms with Gasteiger partial charge in [0.2, 0.25) is 11.8 Å². The van der Waals surface area contributed by atoms with Gasteiger partial charge in [-0.15, -0.1) is 0 Å². The highest BCUT2D eigenvalue weighted by molar-refractivity contribution is 6.36. The maximum atomic E-state index is 13.8. The third-order valence-electron chi connectivity index (χ3n) is 5.76. The molecule has 2 amide bonds. The molecule has 0 aliphatic heterocycles. The van der Waals surface area contributed by atoms with Gasteiger partial charge in [-0.2, -0.15) is 0 Å². The number of nitrogens with zero attached hydrogens (tertiary/aromatic N) is 1. The van der Waals surface area contributed by atoms with Crippen molar-refractivity contribution in [3.63, 3.8) is 0 Å². The van der Waals surface area contributed by atoms with E-state index in [4.69, 9.17) is 34.8 Å².